The number of Topliss-reactive ketones (excluding diaryl/α,β-unsaturated/α-hetero) is 1. The Morgan fingerprint density at radius 3 is 2.40 bits per heavy atom. The molecule has 0 bridgehead atoms. The van der Waals surface area contributed by atoms with E-state index < -0.39 is 29.4 Å². The van der Waals surface area contributed by atoms with Crippen molar-refractivity contribution in [3.63, 3.8) is 0 Å². The third-order valence-electron chi connectivity index (χ3n) is 12.9. The molecule has 4 fully saturated rings. The lowest BCUT2D eigenvalue weighted by molar-refractivity contribution is -0.147. The number of likely N-dealkylation sites (tertiary alicyclic amines) is 1. The van der Waals surface area contributed by atoms with Gasteiger partial charge in [-0.05, 0) is 62.0 Å². The van der Waals surface area contributed by atoms with E-state index in [0.29, 0.717) is 41.6 Å². The number of ketones is 1. The molecule has 10 heteroatoms. The fourth-order valence-electron chi connectivity index (χ4n) is 9.48. The highest BCUT2D eigenvalue weighted by Crippen LogP contribution is 2.56. The standard InChI is InChI=1S/C45H55N3O7/c1-3-32-25-45(32,44(52)53)26-40(49)39-22-34(55-41-24-37(31-17-11-6-12-18-31)47-38-21-33(54-2)19-20-35(38)41)28-48(39)42(50)23-36(30-15-9-5-10-16-30)43(51)46-27-29-13-7-4-8-14-29/h3,6,11-12,17-21,24,29-30,32,34,36,39H,1,4-5,7-10,13-16,22-23,25-28H2,2H3,(H,46,51)(H,52,53)/t32?,34-,36+,39+,45-/m1/s1. The van der Waals surface area contributed by atoms with Crippen molar-refractivity contribution in [3.05, 3.63) is 67.3 Å². The van der Waals surface area contributed by atoms with E-state index in [0.717, 1.165) is 55.9 Å². The van der Waals surface area contributed by atoms with Crippen molar-refractivity contribution in [2.45, 2.75) is 102 Å². The van der Waals surface area contributed by atoms with E-state index in [1.165, 1.54) is 19.3 Å². The first-order valence-electron chi connectivity index (χ1n) is 20.4. The Labute approximate surface area is 324 Å². The molecule has 7 rings (SSSR count). The number of pyridine rings is 1. The third-order valence-corrected chi connectivity index (χ3v) is 12.9. The van der Waals surface area contributed by atoms with E-state index in [1.54, 1.807) is 18.1 Å². The number of methoxy groups -OCH3 is 1. The van der Waals surface area contributed by atoms with Crippen LogP contribution in [0.5, 0.6) is 11.5 Å². The van der Waals surface area contributed by atoms with Gasteiger partial charge in [-0.2, -0.15) is 0 Å². The van der Waals surface area contributed by atoms with E-state index in [1.807, 2.05) is 54.6 Å². The number of carbonyl (C=O) groups is 4. The predicted octanol–water partition coefficient (Wildman–Crippen LogP) is 7.78. The molecule has 3 aromatic rings. The van der Waals surface area contributed by atoms with Gasteiger partial charge in [0.1, 0.15) is 17.6 Å². The average Bonchev–Trinajstić information content (AvgIpc) is 3.78. The van der Waals surface area contributed by atoms with Crippen molar-refractivity contribution in [2.75, 3.05) is 20.2 Å². The molecule has 0 radical (unpaired) electrons. The normalized spacial score (nSPS) is 24.9. The van der Waals surface area contributed by atoms with Gasteiger partial charge in [-0.15, -0.1) is 6.58 Å². The summed E-state index contributed by atoms with van der Waals surface area (Å²) in [6, 6.07) is 16.4. The number of carbonyl (C=O) groups excluding carboxylic acids is 3. The molecule has 1 aromatic heterocycles. The summed E-state index contributed by atoms with van der Waals surface area (Å²) in [7, 11) is 1.60. The van der Waals surface area contributed by atoms with Crippen LogP contribution in [0, 0.1) is 29.1 Å². The van der Waals surface area contributed by atoms with Crippen LogP contribution in [0.25, 0.3) is 22.2 Å². The average molecular weight is 750 g/mol. The molecule has 1 saturated heterocycles. The lowest BCUT2D eigenvalue weighted by atomic mass is 9.77. The van der Waals surface area contributed by atoms with Crippen LogP contribution >= 0.6 is 0 Å². The highest BCUT2D eigenvalue weighted by atomic mass is 16.5. The quantitative estimate of drug-likeness (QED) is 0.151. The van der Waals surface area contributed by atoms with Gasteiger partial charge in [0, 0.05) is 54.8 Å². The molecule has 0 spiro atoms. The van der Waals surface area contributed by atoms with E-state index in [-0.39, 0.29) is 55.2 Å². The largest absolute Gasteiger partial charge is 0.497 e. The monoisotopic (exact) mass is 749 g/mol. The molecule has 10 nitrogen and oxygen atoms in total. The number of aliphatic carboxylic acids is 1. The number of nitrogens with zero attached hydrogens (tertiary/aromatic N) is 2. The van der Waals surface area contributed by atoms with Crippen LogP contribution in [-0.2, 0) is 19.2 Å². The second-order valence-electron chi connectivity index (χ2n) is 16.4. The molecule has 5 atom stereocenters. The fourth-order valence-corrected chi connectivity index (χ4v) is 9.48. The van der Waals surface area contributed by atoms with Crippen LogP contribution in [0.1, 0.15) is 89.9 Å². The number of carboxylic acids is 1. The van der Waals surface area contributed by atoms with E-state index >= 15 is 0 Å². The summed E-state index contributed by atoms with van der Waals surface area (Å²) in [5.41, 5.74) is 1.08. The van der Waals surface area contributed by atoms with Crippen LogP contribution in [0.4, 0.5) is 0 Å². The summed E-state index contributed by atoms with van der Waals surface area (Å²) in [5, 5.41) is 14.2. The van der Waals surface area contributed by atoms with Crippen molar-refractivity contribution >= 4 is 34.5 Å². The second-order valence-corrected chi connectivity index (χ2v) is 16.4. The minimum absolute atomic E-state index is 0.00710. The van der Waals surface area contributed by atoms with Crippen molar-refractivity contribution < 1.29 is 33.8 Å². The molecule has 292 valence electrons. The van der Waals surface area contributed by atoms with Gasteiger partial charge in [-0.1, -0.05) is 74.9 Å². The van der Waals surface area contributed by atoms with Gasteiger partial charge in [0.25, 0.3) is 0 Å². The van der Waals surface area contributed by atoms with Crippen LogP contribution in [0.15, 0.2) is 67.3 Å². The van der Waals surface area contributed by atoms with Crippen molar-refractivity contribution in [3.8, 4) is 22.8 Å². The number of rotatable bonds is 15. The van der Waals surface area contributed by atoms with Gasteiger partial charge in [0.15, 0.2) is 5.78 Å². The second kappa shape index (κ2) is 17.0. The smallest absolute Gasteiger partial charge is 0.310 e. The fraction of sp³-hybridized carbons (Fsp3) is 0.533. The third kappa shape index (κ3) is 8.58. The molecule has 2 N–H and O–H groups in total. The van der Waals surface area contributed by atoms with Crippen molar-refractivity contribution in [1.29, 1.82) is 0 Å². The Hall–Kier alpha value is -4.73. The maximum atomic E-state index is 14.6. The molecule has 2 amide bonds. The number of nitrogens with one attached hydrogen (secondary N) is 1. The summed E-state index contributed by atoms with van der Waals surface area (Å²) in [5.74, 6) is -0.646. The Bertz CT molecular complexity index is 1890. The molecular formula is C45H55N3O7. The van der Waals surface area contributed by atoms with E-state index in [2.05, 4.69) is 11.9 Å². The Kier molecular flexibility index (Phi) is 11.9. The lowest BCUT2D eigenvalue weighted by Crippen LogP contribution is -2.45. The van der Waals surface area contributed by atoms with Crippen LogP contribution in [0.2, 0.25) is 0 Å². The number of benzene rings is 2. The first-order valence-corrected chi connectivity index (χ1v) is 20.4. The SMILES string of the molecule is C=CC1C[C@]1(CC(=O)[C@@H]1C[C@@H](Oc2cc(-c3ccccc3)nc3cc(OC)ccc23)CN1C(=O)C[C@H](C(=O)NCC1CCCCC1)C1CCCCC1)C(=O)O. The predicted molar refractivity (Wildman–Crippen MR) is 211 cm³/mol. The molecule has 1 aliphatic heterocycles. The summed E-state index contributed by atoms with van der Waals surface area (Å²) in [6.07, 6.45) is 12.3. The van der Waals surface area contributed by atoms with Crippen LogP contribution < -0.4 is 14.8 Å². The lowest BCUT2D eigenvalue weighted by Gasteiger charge is -2.32. The maximum Gasteiger partial charge on any atom is 0.310 e. The molecular weight excluding hydrogens is 695 g/mol. The van der Waals surface area contributed by atoms with Crippen molar-refractivity contribution in [2.24, 2.45) is 29.1 Å². The summed E-state index contributed by atoms with van der Waals surface area (Å²) >= 11 is 0. The highest BCUT2D eigenvalue weighted by molar-refractivity contribution is 5.95. The number of fused-ring (bicyclic) bond motifs is 1. The summed E-state index contributed by atoms with van der Waals surface area (Å²) in [6.45, 7) is 4.58. The zero-order valence-electron chi connectivity index (χ0n) is 32.0. The molecule has 55 heavy (non-hydrogen) atoms. The van der Waals surface area contributed by atoms with Gasteiger partial charge in [-0.3, -0.25) is 19.2 Å². The number of aromatic nitrogens is 1. The minimum Gasteiger partial charge on any atom is -0.497 e. The number of hydrogen-bond donors (Lipinski definition) is 2. The Balaban J connectivity index is 1.16. The molecule has 4 aliphatic rings. The van der Waals surface area contributed by atoms with Gasteiger partial charge in [0.05, 0.1) is 36.3 Å². The van der Waals surface area contributed by atoms with E-state index in [9.17, 15) is 24.3 Å². The van der Waals surface area contributed by atoms with Crippen LogP contribution in [-0.4, -0.2) is 70.9 Å². The molecule has 3 aliphatic carbocycles. The molecule has 2 heterocycles. The summed E-state index contributed by atoms with van der Waals surface area (Å²) < 4.78 is 12.3. The zero-order valence-corrected chi connectivity index (χ0v) is 32.0. The first kappa shape index (κ1) is 38.5. The Morgan fingerprint density at radius 2 is 1.73 bits per heavy atom. The highest BCUT2D eigenvalue weighted by Gasteiger charge is 2.61. The Morgan fingerprint density at radius 1 is 1.00 bits per heavy atom. The topological polar surface area (TPSA) is 135 Å². The number of carboxylic acid groups (broad SMARTS) is 1. The van der Waals surface area contributed by atoms with Crippen LogP contribution in [0.3, 0.4) is 0 Å². The first-order chi connectivity index (χ1) is 26.7. The molecule has 1 unspecified atom stereocenters. The summed E-state index contributed by atoms with van der Waals surface area (Å²) in [4.78, 5) is 61.7. The number of amides is 2. The number of ether oxygens (including phenoxy) is 2. The molecule has 2 aromatic carbocycles. The molecule has 3 saturated carbocycles. The van der Waals surface area contributed by atoms with Crippen molar-refractivity contribution in [1.82, 2.24) is 15.2 Å². The maximum absolute atomic E-state index is 14.6. The van der Waals surface area contributed by atoms with Gasteiger partial charge in [-0.25, -0.2) is 4.98 Å². The zero-order chi connectivity index (χ0) is 38.5. The van der Waals surface area contributed by atoms with Gasteiger partial charge < -0.3 is 24.8 Å². The number of allylic oxidation sites excluding steroid dienone is 1. The van der Waals surface area contributed by atoms with Gasteiger partial charge in [0.2, 0.25) is 11.8 Å². The number of hydrogen-bond acceptors (Lipinski definition) is 7. The minimum atomic E-state index is -1.21. The van der Waals surface area contributed by atoms with E-state index in [4.69, 9.17) is 14.5 Å². The van der Waals surface area contributed by atoms with Gasteiger partial charge >= 0.3 is 5.97 Å².